The first-order valence-corrected chi connectivity index (χ1v) is 9.76. The number of carbonyl (C=O) groups excluding carboxylic acids is 1. The Morgan fingerprint density at radius 3 is 2.64 bits per heavy atom. The zero-order chi connectivity index (χ0) is 18.3. The lowest BCUT2D eigenvalue weighted by Gasteiger charge is -2.28. The maximum Gasteiger partial charge on any atom is 0.239 e. The summed E-state index contributed by atoms with van der Waals surface area (Å²) in [5, 5.41) is 9.55. The van der Waals surface area contributed by atoms with Gasteiger partial charge in [0.25, 0.3) is 0 Å². The van der Waals surface area contributed by atoms with Crippen LogP contribution in [-0.2, 0) is 11.3 Å². The quantitative estimate of drug-likeness (QED) is 0.527. The molecular formula is C18H29N5OS. The molecule has 0 unspecified atom stereocenters. The smallest absolute Gasteiger partial charge is 0.239 e. The van der Waals surface area contributed by atoms with Crippen molar-refractivity contribution in [1.29, 1.82) is 0 Å². The fourth-order valence-electron chi connectivity index (χ4n) is 2.46. The second kappa shape index (κ2) is 8.99. The molecule has 1 heterocycles. The Morgan fingerprint density at radius 2 is 2.04 bits per heavy atom. The zero-order valence-corrected chi connectivity index (χ0v) is 16.4. The molecule has 0 atom stereocenters. The molecule has 1 aromatic rings. The Kier molecular flexibility index (Phi) is 6.99. The molecule has 0 bridgehead atoms. The van der Waals surface area contributed by atoms with E-state index in [0.717, 1.165) is 24.7 Å². The molecule has 1 amide bonds. The van der Waals surface area contributed by atoms with E-state index in [1.165, 1.54) is 5.56 Å². The molecule has 1 fully saturated rings. The summed E-state index contributed by atoms with van der Waals surface area (Å²) in [4.78, 5) is 17.9. The third kappa shape index (κ3) is 6.16. The van der Waals surface area contributed by atoms with Gasteiger partial charge in [0.1, 0.15) is 0 Å². The van der Waals surface area contributed by atoms with E-state index in [1.54, 1.807) is 7.05 Å². The monoisotopic (exact) mass is 363 g/mol. The number of anilines is 1. The largest absolute Gasteiger partial charge is 0.360 e. The maximum atomic E-state index is 11.5. The van der Waals surface area contributed by atoms with Crippen LogP contribution in [0.25, 0.3) is 0 Å². The number of carbonyl (C=O) groups is 1. The van der Waals surface area contributed by atoms with Crippen LogP contribution in [-0.4, -0.2) is 56.1 Å². The van der Waals surface area contributed by atoms with E-state index in [-0.39, 0.29) is 10.7 Å². The van der Waals surface area contributed by atoms with Crippen LogP contribution < -0.4 is 20.9 Å². The average molecular weight is 364 g/mol. The van der Waals surface area contributed by atoms with Gasteiger partial charge in [0, 0.05) is 43.7 Å². The number of piperazine rings is 1. The van der Waals surface area contributed by atoms with Crippen molar-refractivity contribution in [2.45, 2.75) is 25.1 Å². The first-order chi connectivity index (χ1) is 11.9. The molecular weight excluding hydrogens is 334 g/mol. The summed E-state index contributed by atoms with van der Waals surface area (Å²) in [6.07, 6.45) is 2.12. The van der Waals surface area contributed by atoms with Crippen LogP contribution in [0.3, 0.4) is 0 Å². The van der Waals surface area contributed by atoms with Gasteiger partial charge in [-0.25, -0.2) is 0 Å². The third-order valence-corrected chi connectivity index (χ3v) is 5.51. The number of hydrogen-bond donors (Lipinski definition) is 3. The molecule has 1 aliphatic heterocycles. The fourth-order valence-corrected chi connectivity index (χ4v) is 2.68. The predicted molar refractivity (Wildman–Crippen MR) is 107 cm³/mol. The van der Waals surface area contributed by atoms with Gasteiger partial charge in [-0.2, -0.15) is 11.8 Å². The SMILES string of the molecule is CN=C(NCc1ccc(N2CCNC(=O)C2)cc1)NCC(C)(C)SC. The number of aliphatic imine (C=N–C) groups is 1. The predicted octanol–water partition coefficient (Wildman–Crippen LogP) is 1.43. The van der Waals surface area contributed by atoms with Crippen LogP contribution in [0.2, 0.25) is 0 Å². The Balaban J connectivity index is 1.85. The van der Waals surface area contributed by atoms with Crippen molar-refractivity contribution in [3.05, 3.63) is 29.8 Å². The summed E-state index contributed by atoms with van der Waals surface area (Å²) in [6, 6.07) is 8.33. The van der Waals surface area contributed by atoms with Crippen molar-refractivity contribution >= 4 is 29.3 Å². The molecule has 1 aromatic carbocycles. The van der Waals surface area contributed by atoms with Crippen molar-refractivity contribution < 1.29 is 4.79 Å². The molecule has 0 spiro atoms. The Bertz CT molecular complexity index is 600. The topological polar surface area (TPSA) is 68.8 Å². The van der Waals surface area contributed by atoms with Gasteiger partial charge in [0.15, 0.2) is 5.96 Å². The van der Waals surface area contributed by atoms with E-state index in [0.29, 0.717) is 19.6 Å². The van der Waals surface area contributed by atoms with Gasteiger partial charge < -0.3 is 20.9 Å². The fraction of sp³-hybridized carbons (Fsp3) is 0.556. The number of rotatable bonds is 6. The standard InChI is InChI=1S/C18H29N5OS/c1-18(2,25-4)13-22-17(19-3)21-11-14-5-7-15(8-6-14)23-10-9-20-16(24)12-23/h5-8H,9-13H2,1-4H3,(H,20,24)(H2,19,21,22). The number of amides is 1. The summed E-state index contributed by atoms with van der Waals surface area (Å²) < 4.78 is 0.167. The minimum absolute atomic E-state index is 0.0834. The highest BCUT2D eigenvalue weighted by atomic mass is 32.2. The lowest BCUT2D eigenvalue weighted by Crippen LogP contribution is -2.47. The molecule has 1 aliphatic rings. The molecule has 0 saturated carbocycles. The van der Waals surface area contributed by atoms with Crippen molar-refractivity contribution in [2.24, 2.45) is 4.99 Å². The molecule has 0 aromatic heterocycles. The van der Waals surface area contributed by atoms with E-state index in [4.69, 9.17) is 0 Å². The summed E-state index contributed by atoms with van der Waals surface area (Å²) in [5.41, 5.74) is 2.26. The average Bonchev–Trinajstić information content (AvgIpc) is 2.62. The van der Waals surface area contributed by atoms with Crippen LogP contribution in [0.15, 0.2) is 29.3 Å². The molecule has 138 valence electrons. The van der Waals surface area contributed by atoms with E-state index < -0.39 is 0 Å². The summed E-state index contributed by atoms with van der Waals surface area (Å²) >= 11 is 1.83. The highest BCUT2D eigenvalue weighted by molar-refractivity contribution is 7.99. The van der Waals surface area contributed by atoms with Crippen LogP contribution in [0, 0.1) is 0 Å². The second-order valence-electron chi connectivity index (χ2n) is 6.68. The van der Waals surface area contributed by atoms with Crippen LogP contribution in [0.4, 0.5) is 5.69 Å². The van der Waals surface area contributed by atoms with E-state index >= 15 is 0 Å². The number of thioether (sulfide) groups is 1. The highest BCUT2D eigenvalue weighted by Gasteiger charge is 2.17. The number of nitrogens with zero attached hydrogens (tertiary/aromatic N) is 2. The Labute approximate surface area is 154 Å². The highest BCUT2D eigenvalue weighted by Crippen LogP contribution is 2.19. The maximum absolute atomic E-state index is 11.5. The van der Waals surface area contributed by atoms with Crippen molar-refractivity contribution in [2.75, 3.05) is 44.4 Å². The van der Waals surface area contributed by atoms with Gasteiger partial charge in [-0.05, 0) is 37.8 Å². The van der Waals surface area contributed by atoms with Gasteiger partial charge in [-0.15, -0.1) is 0 Å². The Hall–Kier alpha value is -1.89. The normalized spacial score (nSPS) is 15.8. The molecule has 7 heteroatoms. The van der Waals surface area contributed by atoms with Crippen LogP contribution in [0.5, 0.6) is 0 Å². The first-order valence-electron chi connectivity index (χ1n) is 8.54. The van der Waals surface area contributed by atoms with E-state index in [2.05, 4.69) is 70.2 Å². The molecule has 2 rings (SSSR count). The molecule has 6 nitrogen and oxygen atoms in total. The summed E-state index contributed by atoms with van der Waals surface area (Å²) in [5.74, 6) is 0.888. The summed E-state index contributed by atoms with van der Waals surface area (Å²) in [6.45, 7) is 7.96. The van der Waals surface area contributed by atoms with Gasteiger partial charge in [-0.1, -0.05) is 12.1 Å². The Morgan fingerprint density at radius 1 is 1.32 bits per heavy atom. The molecule has 0 radical (unpaired) electrons. The van der Waals surface area contributed by atoms with Gasteiger partial charge in [-0.3, -0.25) is 9.79 Å². The van der Waals surface area contributed by atoms with E-state index in [9.17, 15) is 4.79 Å². The second-order valence-corrected chi connectivity index (χ2v) is 8.19. The molecule has 25 heavy (non-hydrogen) atoms. The number of benzene rings is 1. The van der Waals surface area contributed by atoms with Crippen molar-refractivity contribution in [3.8, 4) is 0 Å². The van der Waals surface area contributed by atoms with Crippen LogP contribution >= 0.6 is 11.8 Å². The summed E-state index contributed by atoms with van der Waals surface area (Å²) in [7, 11) is 1.78. The third-order valence-electron chi connectivity index (χ3n) is 4.26. The number of nitrogens with one attached hydrogen (secondary N) is 3. The van der Waals surface area contributed by atoms with Crippen LogP contribution in [0.1, 0.15) is 19.4 Å². The number of guanidine groups is 1. The van der Waals surface area contributed by atoms with Crippen molar-refractivity contribution in [1.82, 2.24) is 16.0 Å². The van der Waals surface area contributed by atoms with Gasteiger partial charge >= 0.3 is 0 Å². The van der Waals surface area contributed by atoms with Crippen molar-refractivity contribution in [3.63, 3.8) is 0 Å². The van der Waals surface area contributed by atoms with Gasteiger partial charge in [0.2, 0.25) is 5.91 Å². The van der Waals surface area contributed by atoms with E-state index in [1.807, 2.05) is 11.8 Å². The zero-order valence-electron chi connectivity index (χ0n) is 15.6. The lowest BCUT2D eigenvalue weighted by atomic mass is 10.2. The molecule has 0 aliphatic carbocycles. The number of hydrogen-bond acceptors (Lipinski definition) is 4. The van der Waals surface area contributed by atoms with Gasteiger partial charge in [0.05, 0.1) is 6.54 Å². The molecule has 1 saturated heterocycles. The minimum atomic E-state index is 0.0834. The lowest BCUT2D eigenvalue weighted by molar-refractivity contribution is -0.120. The first kappa shape index (κ1) is 19.4. The molecule has 3 N–H and O–H groups in total. The minimum Gasteiger partial charge on any atom is -0.360 e.